The molecular weight excluding hydrogens is 446 g/mol. The number of anilines is 1. The summed E-state index contributed by atoms with van der Waals surface area (Å²) in [6.45, 7) is 13.7. The van der Waals surface area contributed by atoms with Gasteiger partial charge in [0.1, 0.15) is 5.75 Å². The SMILES string of the molecule is CC(C)(C)c1cc(CC(=O)NCCNc2c3c(nc4ccccc24)CCCC3)cc(C(C)(C)C)c1O. The quantitative estimate of drug-likeness (QED) is 0.363. The lowest BCUT2D eigenvalue weighted by molar-refractivity contribution is -0.120. The summed E-state index contributed by atoms with van der Waals surface area (Å²) in [4.78, 5) is 17.8. The number of nitrogens with zero attached hydrogens (tertiary/aromatic N) is 1. The van der Waals surface area contributed by atoms with Gasteiger partial charge in [-0.3, -0.25) is 9.78 Å². The first-order valence-electron chi connectivity index (χ1n) is 13.2. The molecule has 2 aromatic carbocycles. The fraction of sp³-hybridized carbons (Fsp3) is 0.484. The van der Waals surface area contributed by atoms with Gasteiger partial charge < -0.3 is 15.7 Å². The molecule has 0 unspecified atom stereocenters. The molecule has 0 fully saturated rings. The topological polar surface area (TPSA) is 74.2 Å². The van der Waals surface area contributed by atoms with Crippen LogP contribution in [0.2, 0.25) is 0 Å². The van der Waals surface area contributed by atoms with E-state index in [1.54, 1.807) is 0 Å². The van der Waals surface area contributed by atoms with Crippen molar-refractivity contribution < 1.29 is 9.90 Å². The van der Waals surface area contributed by atoms with Gasteiger partial charge in [0.25, 0.3) is 0 Å². The molecular formula is C31H41N3O2. The molecule has 0 saturated heterocycles. The molecule has 192 valence electrons. The number of pyridine rings is 1. The molecule has 3 N–H and O–H groups in total. The third-order valence-electron chi connectivity index (χ3n) is 7.07. The van der Waals surface area contributed by atoms with Crippen LogP contribution in [0, 0.1) is 0 Å². The molecule has 0 bridgehead atoms. The molecule has 0 atom stereocenters. The Labute approximate surface area is 215 Å². The third-order valence-corrected chi connectivity index (χ3v) is 7.07. The Hall–Kier alpha value is -3.08. The third kappa shape index (κ3) is 5.66. The van der Waals surface area contributed by atoms with Gasteiger partial charge in [-0.1, -0.05) is 71.9 Å². The van der Waals surface area contributed by atoms with Crippen LogP contribution in [0.25, 0.3) is 10.9 Å². The molecule has 1 aliphatic carbocycles. The molecule has 0 radical (unpaired) electrons. The number of para-hydroxylation sites is 1. The number of amides is 1. The highest BCUT2D eigenvalue weighted by atomic mass is 16.3. The average molecular weight is 488 g/mol. The molecule has 0 saturated carbocycles. The molecule has 1 aromatic heterocycles. The number of hydrogen-bond donors (Lipinski definition) is 3. The van der Waals surface area contributed by atoms with Crippen molar-refractivity contribution in [1.29, 1.82) is 0 Å². The van der Waals surface area contributed by atoms with E-state index in [0.717, 1.165) is 40.4 Å². The second-order valence-corrected chi connectivity index (χ2v) is 12.1. The molecule has 1 heterocycles. The maximum absolute atomic E-state index is 12.9. The molecule has 3 aromatic rings. The van der Waals surface area contributed by atoms with Crippen LogP contribution < -0.4 is 10.6 Å². The first-order chi connectivity index (χ1) is 16.9. The zero-order valence-electron chi connectivity index (χ0n) is 22.7. The van der Waals surface area contributed by atoms with Gasteiger partial charge in [-0.2, -0.15) is 0 Å². The molecule has 36 heavy (non-hydrogen) atoms. The van der Waals surface area contributed by atoms with Gasteiger partial charge in [0.15, 0.2) is 0 Å². The van der Waals surface area contributed by atoms with Crippen LogP contribution in [0.1, 0.15) is 82.3 Å². The highest BCUT2D eigenvalue weighted by Crippen LogP contribution is 2.40. The number of aromatic nitrogens is 1. The smallest absolute Gasteiger partial charge is 0.224 e. The number of carbonyl (C=O) groups excluding carboxylic acids is 1. The van der Waals surface area contributed by atoms with Crippen molar-refractivity contribution in [2.75, 3.05) is 18.4 Å². The number of aryl methyl sites for hydroxylation is 1. The first-order valence-corrected chi connectivity index (χ1v) is 13.2. The Bertz CT molecular complexity index is 1230. The summed E-state index contributed by atoms with van der Waals surface area (Å²) in [5.41, 5.74) is 7.02. The lowest BCUT2D eigenvalue weighted by Crippen LogP contribution is -2.30. The van der Waals surface area contributed by atoms with E-state index in [1.807, 2.05) is 18.2 Å². The molecule has 5 heteroatoms. The van der Waals surface area contributed by atoms with E-state index in [9.17, 15) is 9.90 Å². The summed E-state index contributed by atoms with van der Waals surface area (Å²) in [6, 6.07) is 12.3. The van der Waals surface area contributed by atoms with E-state index in [1.165, 1.54) is 29.8 Å². The number of carbonyl (C=O) groups is 1. The number of rotatable bonds is 6. The fourth-order valence-electron chi connectivity index (χ4n) is 5.15. The Kier molecular flexibility index (Phi) is 7.31. The first kappa shape index (κ1) is 26.0. The van der Waals surface area contributed by atoms with Crippen molar-refractivity contribution in [3.8, 4) is 5.75 Å². The van der Waals surface area contributed by atoms with Gasteiger partial charge >= 0.3 is 0 Å². The summed E-state index contributed by atoms with van der Waals surface area (Å²) in [5.74, 6) is 0.333. The van der Waals surface area contributed by atoms with Crippen LogP contribution in [0.3, 0.4) is 0 Å². The monoisotopic (exact) mass is 487 g/mol. The van der Waals surface area contributed by atoms with E-state index in [-0.39, 0.29) is 16.7 Å². The maximum atomic E-state index is 12.9. The minimum absolute atomic E-state index is 0.0103. The van der Waals surface area contributed by atoms with Gasteiger partial charge in [-0.15, -0.1) is 0 Å². The Morgan fingerprint density at radius 3 is 2.25 bits per heavy atom. The van der Waals surface area contributed by atoms with Crippen LogP contribution in [0.15, 0.2) is 36.4 Å². The Balaban J connectivity index is 1.44. The summed E-state index contributed by atoms with van der Waals surface area (Å²) in [6.07, 6.45) is 4.76. The van der Waals surface area contributed by atoms with Crippen molar-refractivity contribution in [1.82, 2.24) is 10.3 Å². The highest BCUT2D eigenvalue weighted by molar-refractivity contribution is 5.93. The highest BCUT2D eigenvalue weighted by Gasteiger charge is 2.27. The maximum Gasteiger partial charge on any atom is 0.224 e. The molecule has 5 nitrogen and oxygen atoms in total. The summed E-state index contributed by atoms with van der Waals surface area (Å²) < 4.78 is 0. The lowest BCUT2D eigenvalue weighted by atomic mass is 9.78. The lowest BCUT2D eigenvalue weighted by Gasteiger charge is -2.28. The number of hydrogen-bond acceptors (Lipinski definition) is 4. The molecule has 0 aliphatic heterocycles. The Morgan fingerprint density at radius 2 is 1.58 bits per heavy atom. The van der Waals surface area contributed by atoms with Crippen LogP contribution in [0.4, 0.5) is 5.69 Å². The fourth-order valence-corrected chi connectivity index (χ4v) is 5.15. The summed E-state index contributed by atoms with van der Waals surface area (Å²) in [7, 11) is 0. The number of fused-ring (bicyclic) bond motifs is 2. The number of nitrogens with one attached hydrogen (secondary N) is 2. The number of aromatic hydroxyl groups is 1. The predicted octanol–water partition coefficient (Wildman–Crippen LogP) is 6.19. The van der Waals surface area contributed by atoms with Crippen LogP contribution >= 0.6 is 0 Å². The molecule has 1 amide bonds. The minimum Gasteiger partial charge on any atom is -0.507 e. The van der Waals surface area contributed by atoms with E-state index < -0.39 is 0 Å². The number of benzene rings is 2. The number of phenolic OH excluding ortho intramolecular Hbond substituents is 1. The van der Waals surface area contributed by atoms with Crippen LogP contribution in [-0.4, -0.2) is 29.1 Å². The van der Waals surface area contributed by atoms with Gasteiger partial charge in [-0.25, -0.2) is 0 Å². The van der Waals surface area contributed by atoms with Crippen molar-refractivity contribution in [2.45, 2.75) is 84.5 Å². The average Bonchev–Trinajstić information content (AvgIpc) is 2.80. The summed E-state index contributed by atoms with van der Waals surface area (Å²) in [5, 5.41) is 18.8. The van der Waals surface area contributed by atoms with Crippen LogP contribution in [0.5, 0.6) is 5.75 Å². The molecule has 4 rings (SSSR count). The largest absolute Gasteiger partial charge is 0.507 e. The van der Waals surface area contributed by atoms with E-state index in [2.05, 4.69) is 70.4 Å². The second-order valence-electron chi connectivity index (χ2n) is 12.1. The van der Waals surface area contributed by atoms with E-state index >= 15 is 0 Å². The second kappa shape index (κ2) is 10.1. The van der Waals surface area contributed by atoms with E-state index in [0.29, 0.717) is 25.3 Å². The predicted molar refractivity (Wildman–Crippen MR) is 149 cm³/mol. The number of phenols is 1. The molecule has 0 spiro atoms. The van der Waals surface area contributed by atoms with Gasteiger partial charge in [0.2, 0.25) is 5.91 Å². The van der Waals surface area contributed by atoms with Crippen molar-refractivity contribution in [3.05, 3.63) is 64.3 Å². The summed E-state index contributed by atoms with van der Waals surface area (Å²) >= 11 is 0. The van der Waals surface area contributed by atoms with Gasteiger partial charge in [0, 0.05) is 29.9 Å². The van der Waals surface area contributed by atoms with Crippen molar-refractivity contribution >= 4 is 22.5 Å². The minimum atomic E-state index is -0.215. The van der Waals surface area contributed by atoms with Crippen molar-refractivity contribution in [3.63, 3.8) is 0 Å². The van der Waals surface area contributed by atoms with Gasteiger partial charge in [-0.05, 0) is 64.8 Å². The van der Waals surface area contributed by atoms with E-state index in [4.69, 9.17) is 4.98 Å². The zero-order chi connectivity index (χ0) is 26.1. The van der Waals surface area contributed by atoms with Crippen LogP contribution in [-0.2, 0) is 34.9 Å². The molecule has 1 aliphatic rings. The Morgan fingerprint density at radius 1 is 0.944 bits per heavy atom. The normalized spacial score (nSPS) is 13.9. The van der Waals surface area contributed by atoms with Crippen molar-refractivity contribution in [2.24, 2.45) is 0 Å². The zero-order valence-corrected chi connectivity index (χ0v) is 22.7. The standard InChI is InChI=1S/C31H41N3O2/c1-30(2,3)23-17-20(18-24(29(23)36)31(4,5)6)19-27(35)32-15-16-33-28-21-11-7-9-13-25(21)34-26-14-10-8-12-22(26)28/h7,9,11,13,17-18,36H,8,10,12,14-16,19H2,1-6H3,(H,32,35)(H,33,34). The van der Waals surface area contributed by atoms with Gasteiger partial charge in [0.05, 0.1) is 11.9 Å².